The molecule has 0 N–H and O–H groups in total. The van der Waals surface area contributed by atoms with Crippen LogP contribution in [0.4, 0.5) is 0 Å². The van der Waals surface area contributed by atoms with Gasteiger partial charge in [-0.05, 0) is 0 Å². The quantitative estimate of drug-likeness (QED) is 0.369. The van der Waals surface area contributed by atoms with Crippen LogP contribution in [0.5, 0.6) is 0 Å². The zero-order valence-electron chi connectivity index (χ0n) is 5.31. The number of hydrogen-bond donors (Lipinski definition) is 0. The molecule has 0 bridgehead atoms. The van der Waals surface area contributed by atoms with Crippen molar-refractivity contribution in [3.63, 3.8) is 0 Å². The summed E-state index contributed by atoms with van der Waals surface area (Å²) in [4.78, 5) is 0. The summed E-state index contributed by atoms with van der Waals surface area (Å²) >= 11 is 0. The van der Waals surface area contributed by atoms with Gasteiger partial charge in [0, 0.05) is 39.4 Å². The molecule has 4 heavy (non-hydrogen) atoms. The van der Waals surface area contributed by atoms with Crippen LogP contribution in [0.2, 0.25) is 0 Å². The van der Waals surface area contributed by atoms with E-state index in [1.807, 2.05) is 0 Å². The Hall–Kier alpha value is 2.62. The number of rotatable bonds is 0. The first-order valence-corrected chi connectivity index (χ1v) is 0. The van der Waals surface area contributed by atoms with E-state index in [1.165, 1.54) is 0 Å². The molecule has 2 radical (unpaired) electrons. The molecule has 0 aromatic heterocycles. The van der Waals surface area contributed by atoms with Gasteiger partial charge < -0.3 is 4.28 Å². The second kappa shape index (κ2) is 17.5. The van der Waals surface area contributed by atoms with Crippen molar-refractivity contribution in [1.29, 1.82) is 0 Å². The minimum atomic E-state index is 0. The van der Waals surface area contributed by atoms with Crippen LogP contribution < -0.4 is 18.9 Å². The summed E-state index contributed by atoms with van der Waals surface area (Å²) in [5, 5.41) is 0. The van der Waals surface area contributed by atoms with Crippen LogP contribution in [0.15, 0.2) is 0 Å². The van der Waals surface area contributed by atoms with Gasteiger partial charge in [-0.25, -0.2) is 0 Å². The molecule has 0 aliphatic heterocycles. The first-order valence-electron chi connectivity index (χ1n) is 0. The normalized spacial score (nSPS) is 0. The van der Waals surface area contributed by atoms with E-state index in [0.29, 0.717) is 0 Å². The molecular weight excluding hydrogens is 203 g/mol. The van der Waals surface area contributed by atoms with Crippen molar-refractivity contribution in [2.45, 2.75) is 0 Å². The van der Waals surface area contributed by atoms with Crippen molar-refractivity contribution >= 4 is 23.1 Å². The molecule has 0 spiro atoms. The van der Waals surface area contributed by atoms with Gasteiger partial charge in [0.25, 0.3) is 0 Å². The van der Waals surface area contributed by atoms with E-state index in [0.717, 1.165) is 0 Å². The second-order valence-electron chi connectivity index (χ2n) is 0. The fourth-order valence-corrected chi connectivity index (χ4v) is 0. The molecule has 0 saturated carbocycles. The Morgan fingerprint density at radius 3 is 1.25 bits per heavy atom. The number of hydrogen-bond acceptors (Lipinski definition) is 0. The molecule has 28 valence electrons. The van der Waals surface area contributed by atoms with Crippen molar-refractivity contribution in [2.24, 2.45) is 0 Å². The van der Waals surface area contributed by atoms with Gasteiger partial charge in [0.15, 0.2) is 0 Å². The maximum atomic E-state index is 0. The molecular formula is H3AgCuLiMg. The zero-order valence-corrected chi connectivity index (χ0v) is 6.15. The summed E-state index contributed by atoms with van der Waals surface area (Å²) in [6.45, 7) is 0. The SMILES string of the molecule is [Ag].[Cu].[H-].[H-].[H-].[Li+].[Mg+2]. The third kappa shape index (κ3) is 8.82. The Balaban J connectivity index is 0. The van der Waals surface area contributed by atoms with Gasteiger partial charge in [0.1, 0.15) is 0 Å². The summed E-state index contributed by atoms with van der Waals surface area (Å²) < 4.78 is 0. The monoisotopic (exact) mass is 204 g/mol. The maximum absolute atomic E-state index is 0. The van der Waals surface area contributed by atoms with Crippen LogP contribution in [0, 0.1) is 0 Å². The molecule has 0 amide bonds. The first kappa shape index (κ1) is 30.4. The Labute approximate surface area is 84.6 Å². The van der Waals surface area contributed by atoms with E-state index in [4.69, 9.17) is 0 Å². The molecule has 0 aliphatic carbocycles. The van der Waals surface area contributed by atoms with Crippen molar-refractivity contribution in [2.75, 3.05) is 0 Å². The smallest absolute Gasteiger partial charge is 1.00 e. The maximum Gasteiger partial charge on any atom is 2.00 e. The van der Waals surface area contributed by atoms with E-state index in [1.54, 1.807) is 0 Å². The fraction of sp³-hybridized carbons (Fsp3) is 0. The Morgan fingerprint density at radius 1 is 1.25 bits per heavy atom. The molecule has 0 heterocycles. The molecule has 0 atom stereocenters. The molecule has 0 rings (SSSR count). The molecule has 4 heteroatoms. The second-order valence-corrected chi connectivity index (χ2v) is 0. The van der Waals surface area contributed by atoms with E-state index < -0.39 is 0 Å². The molecule has 0 aliphatic rings. The molecule has 0 fully saturated rings. The Morgan fingerprint density at radius 2 is 1.25 bits per heavy atom. The third-order valence-corrected chi connectivity index (χ3v) is 0. The van der Waals surface area contributed by atoms with Crippen LogP contribution in [-0.2, 0) is 39.4 Å². The van der Waals surface area contributed by atoms with Gasteiger partial charge in [-0.2, -0.15) is 0 Å². The van der Waals surface area contributed by atoms with Gasteiger partial charge in [-0.15, -0.1) is 0 Å². The zero-order chi connectivity index (χ0) is 0. The van der Waals surface area contributed by atoms with Crippen LogP contribution in [0.25, 0.3) is 0 Å². The van der Waals surface area contributed by atoms with Crippen molar-refractivity contribution in [1.82, 2.24) is 0 Å². The minimum Gasteiger partial charge on any atom is -1.00 e. The Bertz CT molecular complexity index is 14.9. The Kier molecular flexibility index (Phi) is 133. The van der Waals surface area contributed by atoms with Crippen LogP contribution in [0.1, 0.15) is 4.28 Å². The molecule has 0 unspecified atom stereocenters. The van der Waals surface area contributed by atoms with E-state index >= 15 is 0 Å². The molecule has 0 aromatic rings. The summed E-state index contributed by atoms with van der Waals surface area (Å²) in [5.74, 6) is 0. The van der Waals surface area contributed by atoms with E-state index in [2.05, 4.69) is 0 Å². The fourth-order valence-electron chi connectivity index (χ4n) is 0. The molecule has 0 aromatic carbocycles. The molecule has 0 nitrogen and oxygen atoms in total. The summed E-state index contributed by atoms with van der Waals surface area (Å²) in [6.07, 6.45) is 0. The van der Waals surface area contributed by atoms with Crippen molar-refractivity contribution in [3.8, 4) is 0 Å². The predicted molar refractivity (Wildman–Crippen MR) is 9.09 cm³/mol. The van der Waals surface area contributed by atoms with Crippen LogP contribution in [-0.4, -0.2) is 23.1 Å². The van der Waals surface area contributed by atoms with Crippen LogP contribution >= 0.6 is 0 Å². The minimum absolute atomic E-state index is 0. The largest absolute Gasteiger partial charge is 2.00 e. The third-order valence-electron chi connectivity index (χ3n) is 0. The predicted octanol–water partition coefficient (Wildman–Crippen LogP) is -3.04. The standard InChI is InChI=1S/Ag.Cu.Li.Mg.3H/q;;+1;+2;3*-1. The van der Waals surface area contributed by atoms with Gasteiger partial charge in [0.05, 0.1) is 0 Å². The average Bonchev–Trinajstić information content (AvgIpc) is 0. The summed E-state index contributed by atoms with van der Waals surface area (Å²) in [7, 11) is 0. The average molecular weight is 206 g/mol. The summed E-state index contributed by atoms with van der Waals surface area (Å²) in [6, 6.07) is 0. The van der Waals surface area contributed by atoms with Crippen LogP contribution in [0.3, 0.4) is 0 Å². The van der Waals surface area contributed by atoms with Crippen molar-refractivity contribution in [3.05, 3.63) is 0 Å². The van der Waals surface area contributed by atoms with Gasteiger partial charge in [-0.1, -0.05) is 0 Å². The van der Waals surface area contributed by atoms with Gasteiger partial charge in [-0.3, -0.25) is 0 Å². The van der Waals surface area contributed by atoms with Gasteiger partial charge >= 0.3 is 41.9 Å². The first-order chi connectivity index (χ1) is 0. The van der Waals surface area contributed by atoms with E-state index in [-0.39, 0.29) is 85.6 Å². The van der Waals surface area contributed by atoms with Crippen molar-refractivity contribution < 1.29 is 62.6 Å². The topological polar surface area (TPSA) is 0 Å². The van der Waals surface area contributed by atoms with E-state index in [9.17, 15) is 0 Å². The molecule has 0 saturated heterocycles. The summed E-state index contributed by atoms with van der Waals surface area (Å²) in [5.41, 5.74) is 0. The van der Waals surface area contributed by atoms with Gasteiger partial charge in [0.2, 0.25) is 0 Å².